The molecule has 94 valence electrons. The molecule has 2 aromatic carbocycles. The zero-order chi connectivity index (χ0) is 13.4. The molecule has 0 saturated heterocycles. The first-order valence-electron chi connectivity index (χ1n) is 5.91. The molecular formula is C15H11ClN2O. The average molecular weight is 271 g/mol. The van der Waals surface area contributed by atoms with Gasteiger partial charge in [0.05, 0.1) is 11.4 Å². The van der Waals surface area contributed by atoms with Crippen molar-refractivity contribution in [3.8, 4) is 0 Å². The molecular weight excluding hydrogens is 260 g/mol. The molecule has 0 aliphatic carbocycles. The Morgan fingerprint density at radius 1 is 1.16 bits per heavy atom. The fourth-order valence-corrected chi connectivity index (χ4v) is 2.30. The van der Waals surface area contributed by atoms with E-state index in [1.54, 1.807) is 6.07 Å². The van der Waals surface area contributed by atoms with Gasteiger partial charge in [-0.3, -0.25) is 4.79 Å². The number of nitrogens with one attached hydrogen (secondary N) is 1. The summed E-state index contributed by atoms with van der Waals surface area (Å²) in [6, 6.07) is 13.0. The number of rotatable bonds is 1. The van der Waals surface area contributed by atoms with Crippen molar-refractivity contribution in [1.29, 1.82) is 0 Å². The third-order valence-corrected chi connectivity index (χ3v) is 3.27. The van der Waals surface area contributed by atoms with Gasteiger partial charge in [0.15, 0.2) is 0 Å². The number of hydrogen-bond acceptors (Lipinski definition) is 2. The molecule has 3 nitrogen and oxygen atoms in total. The van der Waals surface area contributed by atoms with Crippen LogP contribution in [0.3, 0.4) is 0 Å². The third kappa shape index (κ3) is 2.13. The smallest absolute Gasteiger partial charge is 0.275 e. The monoisotopic (exact) mass is 270 g/mol. The van der Waals surface area contributed by atoms with Gasteiger partial charge in [-0.25, -0.2) is 4.99 Å². The Balaban J connectivity index is 2.11. The van der Waals surface area contributed by atoms with Gasteiger partial charge in [0.1, 0.15) is 5.71 Å². The van der Waals surface area contributed by atoms with Crippen molar-refractivity contribution in [3.05, 3.63) is 58.6 Å². The number of anilines is 1. The van der Waals surface area contributed by atoms with Crippen LogP contribution in [0.15, 0.2) is 47.5 Å². The lowest BCUT2D eigenvalue weighted by Crippen LogP contribution is -2.13. The van der Waals surface area contributed by atoms with E-state index in [0.717, 1.165) is 22.5 Å². The second-order valence-electron chi connectivity index (χ2n) is 4.39. The molecule has 1 amide bonds. The fourth-order valence-electron chi connectivity index (χ4n) is 2.08. The number of nitrogens with zero attached hydrogens (tertiary/aromatic N) is 1. The molecule has 1 heterocycles. The molecule has 4 heteroatoms. The summed E-state index contributed by atoms with van der Waals surface area (Å²) < 4.78 is 0. The third-order valence-electron chi connectivity index (χ3n) is 3.04. The molecule has 0 aromatic heterocycles. The zero-order valence-electron chi connectivity index (χ0n) is 10.3. The van der Waals surface area contributed by atoms with Gasteiger partial charge in [-0.2, -0.15) is 0 Å². The van der Waals surface area contributed by atoms with Gasteiger partial charge >= 0.3 is 0 Å². The highest BCUT2D eigenvalue weighted by atomic mass is 35.5. The van der Waals surface area contributed by atoms with Crippen LogP contribution in [0.2, 0.25) is 5.02 Å². The van der Waals surface area contributed by atoms with Crippen molar-refractivity contribution in [3.63, 3.8) is 0 Å². The molecule has 3 rings (SSSR count). The van der Waals surface area contributed by atoms with Gasteiger partial charge in [0.2, 0.25) is 0 Å². The van der Waals surface area contributed by atoms with Gasteiger partial charge < -0.3 is 5.32 Å². The quantitative estimate of drug-likeness (QED) is 0.843. The van der Waals surface area contributed by atoms with E-state index >= 15 is 0 Å². The Morgan fingerprint density at radius 2 is 1.95 bits per heavy atom. The lowest BCUT2D eigenvalue weighted by molar-refractivity contribution is -0.110. The van der Waals surface area contributed by atoms with Crippen molar-refractivity contribution < 1.29 is 4.79 Å². The molecule has 1 aliphatic heterocycles. The minimum Gasteiger partial charge on any atom is -0.320 e. The fraction of sp³-hybridized carbons (Fsp3) is 0.0667. The van der Waals surface area contributed by atoms with Crippen molar-refractivity contribution >= 4 is 34.6 Å². The minimum absolute atomic E-state index is 0.171. The van der Waals surface area contributed by atoms with Crippen LogP contribution in [-0.2, 0) is 4.79 Å². The van der Waals surface area contributed by atoms with Crippen LogP contribution in [-0.4, -0.2) is 11.6 Å². The number of benzene rings is 2. The Labute approximate surface area is 115 Å². The van der Waals surface area contributed by atoms with E-state index in [1.165, 1.54) is 0 Å². The summed E-state index contributed by atoms with van der Waals surface area (Å²) >= 11 is 5.92. The van der Waals surface area contributed by atoms with Crippen LogP contribution in [0, 0.1) is 6.92 Å². The second-order valence-corrected chi connectivity index (χ2v) is 4.83. The number of aliphatic imine (C=N–C) groups is 1. The Bertz CT molecular complexity index is 707. The Hall–Kier alpha value is -2.13. The number of para-hydroxylation sites is 1. The van der Waals surface area contributed by atoms with E-state index in [2.05, 4.69) is 10.3 Å². The number of aryl methyl sites for hydroxylation is 1. The summed E-state index contributed by atoms with van der Waals surface area (Å²) in [5.41, 5.74) is 3.78. The van der Waals surface area contributed by atoms with Crippen molar-refractivity contribution in [2.45, 2.75) is 6.92 Å². The number of fused-ring (bicyclic) bond motifs is 1. The molecule has 0 spiro atoms. The normalized spacial score (nSPS) is 15.5. The number of halogens is 1. The largest absolute Gasteiger partial charge is 0.320 e. The topological polar surface area (TPSA) is 41.5 Å². The van der Waals surface area contributed by atoms with Gasteiger partial charge in [0.25, 0.3) is 5.91 Å². The maximum atomic E-state index is 11.9. The predicted molar refractivity (Wildman–Crippen MR) is 77.5 cm³/mol. The molecule has 2 aromatic rings. The van der Waals surface area contributed by atoms with Crippen LogP contribution in [0.1, 0.15) is 11.1 Å². The van der Waals surface area contributed by atoms with E-state index in [0.29, 0.717) is 10.7 Å². The predicted octanol–water partition coefficient (Wildman–Crippen LogP) is 3.72. The number of amides is 1. The molecule has 0 fully saturated rings. The van der Waals surface area contributed by atoms with E-state index in [9.17, 15) is 4.79 Å². The van der Waals surface area contributed by atoms with E-state index < -0.39 is 0 Å². The summed E-state index contributed by atoms with van der Waals surface area (Å²) in [4.78, 5) is 16.4. The summed E-state index contributed by atoms with van der Waals surface area (Å²) in [7, 11) is 0. The molecule has 19 heavy (non-hydrogen) atoms. The SMILES string of the molecule is Cc1cc(Cl)ccc1N=C1C(=O)Nc2ccccc21. The van der Waals surface area contributed by atoms with E-state index in [-0.39, 0.29) is 5.91 Å². The molecule has 0 unspecified atom stereocenters. The first kappa shape index (κ1) is 11.9. The average Bonchev–Trinajstić information content (AvgIpc) is 2.69. The molecule has 0 bridgehead atoms. The minimum atomic E-state index is -0.171. The highest BCUT2D eigenvalue weighted by molar-refractivity contribution is 6.54. The lowest BCUT2D eigenvalue weighted by Gasteiger charge is -2.02. The van der Waals surface area contributed by atoms with Gasteiger partial charge in [-0.05, 0) is 36.8 Å². The van der Waals surface area contributed by atoms with Crippen molar-refractivity contribution in [2.24, 2.45) is 4.99 Å². The maximum Gasteiger partial charge on any atom is 0.275 e. The second kappa shape index (κ2) is 4.52. The Morgan fingerprint density at radius 3 is 2.74 bits per heavy atom. The first-order valence-corrected chi connectivity index (χ1v) is 6.28. The van der Waals surface area contributed by atoms with Gasteiger partial charge in [-0.15, -0.1) is 0 Å². The number of hydrogen-bond donors (Lipinski definition) is 1. The molecule has 1 aliphatic rings. The van der Waals surface area contributed by atoms with Crippen LogP contribution in [0.5, 0.6) is 0 Å². The molecule has 0 atom stereocenters. The van der Waals surface area contributed by atoms with Crippen LogP contribution < -0.4 is 5.32 Å². The van der Waals surface area contributed by atoms with Crippen molar-refractivity contribution in [1.82, 2.24) is 0 Å². The van der Waals surface area contributed by atoms with Crippen molar-refractivity contribution in [2.75, 3.05) is 5.32 Å². The van der Waals surface area contributed by atoms with E-state index in [4.69, 9.17) is 11.6 Å². The van der Waals surface area contributed by atoms with Crippen LogP contribution in [0.25, 0.3) is 0 Å². The van der Waals surface area contributed by atoms with E-state index in [1.807, 2.05) is 43.3 Å². The lowest BCUT2D eigenvalue weighted by atomic mass is 10.1. The zero-order valence-corrected chi connectivity index (χ0v) is 11.0. The summed E-state index contributed by atoms with van der Waals surface area (Å²) in [5.74, 6) is -0.171. The number of carbonyl (C=O) groups is 1. The molecule has 1 N–H and O–H groups in total. The van der Waals surface area contributed by atoms with Gasteiger partial charge in [-0.1, -0.05) is 29.8 Å². The summed E-state index contributed by atoms with van der Waals surface area (Å²) in [5, 5.41) is 3.47. The first-order chi connectivity index (χ1) is 9.15. The number of carbonyl (C=O) groups excluding carboxylic acids is 1. The molecule has 0 radical (unpaired) electrons. The highest BCUT2D eigenvalue weighted by Gasteiger charge is 2.25. The highest BCUT2D eigenvalue weighted by Crippen LogP contribution is 2.27. The standard InChI is InChI=1S/C15H11ClN2O/c1-9-8-10(16)6-7-12(9)17-14-11-4-2-3-5-13(11)18-15(14)19/h2-8H,1H3,(H,17,18,19). The summed E-state index contributed by atoms with van der Waals surface area (Å²) in [6.45, 7) is 1.92. The summed E-state index contributed by atoms with van der Waals surface area (Å²) in [6.07, 6.45) is 0. The Kier molecular flexibility index (Phi) is 2.84. The van der Waals surface area contributed by atoms with Crippen LogP contribution >= 0.6 is 11.6 Å². The van der Waals surface area contributed by atoms with Crippen LogP contribution in [0.4, 0.5) is 11.4 Å². The van der Waals surface area contributed by atoms with Gasteiger partial charge in [0, 0.05) is 10.6 Å². The maximum absolute atomic E-state index is 11.9. The molecule has 0 saturated carbocycles.